The van der Waals surface area contributed by atoms with Crippen molar-refractivity contribution in [1.82, 2.24) is 0 Å². The van der Waals surface area contributed by atoms with Crippen molar-refractivity contribution in [2.45, 2.75) is 69.7 Å². The average molecular weight is 703 g/mol. The van der Waals surface area contributed by atoms with Gasteiger partial charge in [0.05, 0.1) is 25.4 Å². The summed E-state index contributed by atoms with van der Waals surface area (Å²) in [6, 6.07) is 49.0. The molecular weight excluding hydrogens is 657 g/mol. The van der Waals surface area contributed by atoms with Crippen LogP contribution in [0.1, 0.15) is 42.3 Å². The summed E-state index contributed by atoms with van der Waals surface area (Å²) in [6.07, 6.45) is -5.17. The van der Waals surface area contributed by atoms with E-state index >= 15 is 0 Å². The topological polar surface area (TPSA) is 83.5 Å². The highest BCUT2D eigenvalue weighted by Crippen LogP contribution is 2.38. The first-order valence-corrected chi connectivity index (χ1v) is 19.3. The molecule has 0 unspecified atom stereocenters. The van der Waals surface area contributed by atoms with Crippen molar-refractivity contribution < 1.29 is 33.3 Å². The Kier molecular flexibility index (Phi) is 11.9. The molecule has 264 valence electrons. The lowest BCUT2D eigenvalue weighted by atomic mass is 9.98. The Morgan fingerprint density at radius 3 is 1.53 bits per heavy atom. The molecule has 0 bridgehead atoms. The Balaban J connectivity index is 1.38. The van der Waals surface area contributed by atoms with E-state index in [1.807, 2.05) is 103 Å². The number of ether oxygens (including phenoxy) is 4. The lowest BCUT2D eigenvalue weighted by Gasteiger charge is -2.47. The van der Waals surface area contributed by atoms with Crippen LogP contribution in [-0.4, -0.2) is 56.7 Å². The van der Waals surface area contributed by atoms with E-state index in [1.54, 1.807) is 24.3 Å². The predicted molar refractivity (Wildman–Crippen MR) is 200 cm³/mol. The van der Waals surface area contributed by atoms with E-state index in [0.29, 0.717) is 5.56 Å². The van der Waals surface area contributed by atoms with Crippen LogP contribution in [-0.2, 0) is 36.6 Å². The zero-order valence-corrected chi connectivity index (χ0v) is 30.3. The Morgan fingerprint density at radius 2 is 1.06 bits per heavy atom. The van der Waals surface area contributed by atoms with Crippen molar-refractivity contribution >= 4 is 24.7 Å². The number of hydrogen-bond donors (Lipinski definition) is 1. The monoisotopic (exact) mass is 702 g/mol. The van der Waals surface area contributed by atoms with Crippen LogP contribution in [0.25, 0.3) is 0 Å². The van der Waals surface area contributed by atoms with Gasteiger partial charge in [-0.3, -0.25) is 0 Å². The van der Waals surface area contributed by atoms with Gasteiger partial charge in [0.2, 0.25) is 0 Å². The van der Waals surface area contributed by atoms with E-state index in [2.05, 4.69) is 45.0 Å². The van der Waals surface area contributed by atoms with Gasteiger partial charge >= 0.3 is 5.97 Å². The van der Waals surface area contributed by atoms with Crippen LogP contribution in [0.5, 0.6) is 0 Å². The standard InChI is InChI=1S/C43H46O7Si/c1-43(2,3)51(35-25-15-7-16-26-35,36-27-17-8-18-28-36)48-31-37-38(46-29-32-19-9-4-10-20-32)39(47-30-33-21-11-5-12-22-33)40(42(45)49-37)50-41(44)34-23-13-6-14-24-34/h4-28,37-40,42,45H,29-31H2,1-3H3/t37-,38-,39+,40+,42+/m1/s1. The summed E-state index contributed by atoms with van der Waals surface area (Å²) in [5.74, 6) is -0.597. The lowest BCUT2D eigenvalue weighted by molar-refractivity contribution is -0.303. The average Bonchev–Trinajstić information content (AvgIpc) is 3.16. The van der Waals surface area contributed by atoms with Gasteiger partial charge in [0, 0.05) is 0 Å². The Bertz CT molecular complexity index is 1740. The van der Waals surface area contributed by atoms with Crippen LogP contribution in [0.3, 0.4) is 0 Å². The van der Waals surface area contributed by atoms with Gasteiger partial charge in [-0.1, -0.05) is 160 Å². The Morgan fingerprint density at radius 1 is 0.627 bits per heavy atom. The number of benzene rings is 5. The number of carbonyl (C=O) groups is 1. The first-order valence-electron chi connectivity index (χ1n) is 17.4. The quantitative estimate of drug-likeness (QED) is 0.108. The van der Waals surface area contributed by atoms with Crippen molar-refractivity contribution in [2.75, 3.05) is 6.61 Å². The molecule has 0 amide bonds. The molecule has 5 aromatic carbocycles. The van der Waals surface area contributed by atoms with E-state index < -0.39 is 45.0 Å². The van der Waals surface area contributed by atoms with Gasteiger partial charge in [-0.2, -0.15) is 0 Å². The van der Waals surface area contributed by atoms with Gasteiger partial charge in [0.1, 0.15) is 18.3 Å². The molecule has 0 radical (unpaired) electrons. The van der Waals surface area contributed by atoms with Crippen molar-refractivity contribution in [1.29, 1.82) is 0 Å². The second-order valence-electron chi connectivity index (χ2n) is 13.8. The molecule has 7 nitrogen and oxygen atoms in total. The van der Waals surface area contributed by atoms with Gasteiger partial charge in [0.25, 0.3) is 8.32 Å². The summed E-state index contributed by atoms with van der Waals surface area (Å²) in [4.78, 5) is 13.4. The highest BCUT2D eigenvalue weighted by molar-refractivity contribution is 6.99. The molecule has 1 N–H and O–H groups in total. The number of aliphatic hydroxyl groups is 1. The van der Waals surface area contributed by atoms with Crippen molar-refractivity contribution in [3.63, 3.8) is 0 Å². The third kappa shape index (κ3) is 8.56. The summed E-state index contributed by atoms with van der Waals surface area (Å²) in [7, 11) is -3.00. The van der Waals surface area contributed by atoms with Crippen molar-refractivity contribution in [3.8, 4) is 0 Å². The summed E-state index contributed by atoms with van der Waals surface area (Å²) >= 11 is 0. The number of carbonyl (C=O) groups excluding carboxylic acids is 1. The maximum absolute atomic E-state index is 13.4. The third-order valence-corrected chi connectivity index (χ3v) is 14.3. The molecule has 6 rings (SSSR count). The Labute approximate surface area is 301 Å². The molecule has 0 spiro atoms. The minimum atomic E-state index is -3.00. The van der Waals surface area contributed by atoms with E-state index in [1.165, 1.54) is 0 Å². The molecule has 1 saturated heterocycles. The van der Waals surface area contributed by atoms with Crippen LogP contribution >= 0.6 is 0 Å². The summed E-state index contributed by atoms with van der Waals surface area (Å²) < 4.78 is 33.0. The van der Waals surface area contributed by atoms with Crippen LogP contribution in [0.2, 0.25) is 5.04 Å². The molecule has 51 heavy (non-hydrogen) atoms. The molecular formula is C43H46O7Si. The van der Waals surface area contributed by atoms with Crippen LogP contribution < -0.4 is 10.4 Å². The van der Waals surface area contributed by atoms with Crippen LogP contribution in [0, 0.1) is 0 Å². The molecule has 0 aromatic heterocycles. The molecule has 5 atom stereocenters. The Hall–Kier alpha value is -4.41. The smallest absolute Gasteiger partial charge is 0.338 e. The fraction of sp³-hybridized carbons (Fsp3) is 0.279. The first-order chi connectivity index (χ1) is 24.8. The SMILES string of the molecule is CC(C)(C)[Si](OC[C@H]1O[C@H](O)[C@@H](OC(=O)c2ccccc2)[C@@H](OCc2ccccc2)[C@@H]1OCc1ccccc1)(c1ccccc1)c1ccccc1. The minimum Gasteiger partial charge on any atom is -0.450 e. The van der Waals surface area contributed by atoms with Crippen LogP contribution in [0.4, 0.5) is 0 Å². The van der Waals surface area contributed by atoms with E-state index in [9.17, 15) is 9.90 Å². The maximum atomic E-state index is 13.4. The summed E-state index contributed by atoms with van der Waals surface area (Å²) in [5.41, 5.74) is 2.23. The van der Waals surface area contributed by atoms with Gasteiger partial charge in [-0.25, -0.2) is 4.79 Å². The molecule has 1 aliphatic rings. The molecule has 1 heterocycles. The molecule has 8 heteroatoms. The normalized spacial score (nSPS) is 20.8. The highest BCUT2D eigenvalue weighted by Gasteiger charge is 2.53. The highest BCUT2D eigenvalue weighted by atomic mass is 28.4. The number of hydrogen-bond acceptors (Lipinski definition) is 7. The lowest BCUT2D eigenvalue weighted by Crippen LogP contribution is -2.68. The molecule has 0 aliphatic carbocycles. The van der Waals surface area contributed by atoms with Gasteiger partial charge in [-0.05, 0) is 38.7 Å². The van der Waals surface area contributed by atoms with Crippen molar-refractivity contribution in [3.05, 3.63) is 168 Å². The van der Waals surface area contributed by atoms with Crippen molar-refractivity contribution in [2.24, 2.45) is 0 Å². The number of esters is 1. The number of rotatable bonds is 13. The number of aliphatic hydroxyl groups excluding tert-OH is 1. The summed E-state index contributed by atoms with van der Waals surface area (Å²) in [5, 5.41) is 13.6. The zero-order chi connectivity index (χ0) is 35.7. The van der Waals surface area contributed by atoms with Gasteiger partial charge in [0.15, 0.2) is 12.4 Å². The molecule has 0 saturated carbocycles. The van der Waals surface area contributed by atoms with Crippen LogP contribution in [0.15, 0.2) is 152 Å². The fourth-order valence-electron chi connectivity index (χ4n) is 6.81. The predicted octanol–water partition coefficient (Wildman–Crippen LogP) is 6.68. The van der Waals surface area contributed by atoms with Gasteiger partial charge in [-0.15, -0.1) is 0 Å². The molecule has 1 aliphatic heterocycles. The third-order valence-electron chi connectivity index (χ3n) is 9.31. The summed E-state index contributed by atoms with van der Waals surface area (Å²) in [6.45, 7) is 7.17. The second-order valence-corrected chi connectivity index (χ2v) is 18.1. The maximum Gasteiger partial charge on any atom is 0.338 e. The zero-order valence-electron chi connectivity index (χ0n) is 29.3. The fourth-order valence-corrected chi connectivity index (χ4v) is 11.4. The largest absolute Gasteiger partial charge is 0.450 e. The van der Waals surface area contributed by atoms with E-state index in [4.69, 9.17) is 23.4 Å². The van der Waals surface area contributed by atoms with Gasteiger partial charge < -0.3 is 28.5 Å². The minimum absolute atomic E-state index is 0.0916. The first kappa shape index (κ1) is 36.4. The van der Waals surface area contributed by atoms with E-state index in [-0.39, 0.29) is 24.9 Å². The molecule has 1 fully saturated rings. The second kappa shape index (κ2) is 16.7. The van der Waals surface area contributed by atoms with E-state index in [0.717, 1.165) is 21.5 Å². The molecule has 5 aromatic rings.